The number of nitrogens with one attached hydrogen (secondary N) is 1. The summed E-state index contributed by atoms with van der Waals surface area (Å²) in [6.45, 7) is 0.273. The summed E-state index contributed by atoms with van der Waals surface area (Å²) in [6.07, 6.45) is 1.52. The minimum atomic E-state index is -0.590. The molecule has 0 aliphatic heterocycles. The summed E-state index contributed by atoms with van der Waals surface area (Å²) in [4.78, 5) is 23.9. The first-order chi connectivity index (χ1) is 13.2. The van der Waals surface area contributed by atoms with Gasteiger partial charge in [-0.25, -0.2) is 4.79 Å². The number of hydrogen-bond acceptors (Lipinski definition) is 5. The first-order valence-electron chi connectivity index (χ1n) is 8.44. The second kappa shape index (κ2) is 9.24. The van der Waals surface area contributed by atoms with Crippen LogP contribution in [0.4, 0.5) is 0 Å². The Labute approximate surface area is 156 Å². The van der Waals surface area contributed by atoms with E-state index in [0.29, 0.717) is 23.7 Å². The number of amides is 1. The molecule has 0 aliphatic carbocycles. The quantitative estimate of drug-likeness (QED) is 0.620. The summed E-state index contributed by atoms with van der Waals surface area (Å²) < 4.78 is 15.8. The second-order valence-electron chi connectivity index (χ2n) is 5.73. The smallest absolute Gasteiger partial charge is 0.338 e. The Hall–Kier alpha value is -3.54. The molecule has 0 unspecified atom stereocenters. The first-order valence-corrected chi connectivity index (χ1v) is 8.44. The SMILES string of the molecule is O=C(COC(=O)c1cccc(OCc2ccccc2)c1)NCc1ccco1. The van der Waals surface area contributed by atoms with Crippen LogP contribution >= 0.6 is 0 Å². The Kier molecular flexibility index (Phi) is 6.25. The Morgan fingerprint density at radius 2 is 1.81 bits per heavy atom. The Morgan fingerprint density at radius 1 is 0.963 bits per heavy atom. The number of esters is 1. The lowest BCUT2D eigenvalue weighted by Crippen LogP contribution is -2.28. The maximum absolute atomic E-state index is 12.1. The number of carbonyl (C=O) groups excluding carboxylic acids is 2. The van der Waals surface area contributed by atoms with Crippen LogP contribution in [0.1, 0.15) is 21.7 Å². The van der Waals surface area contributed by atoms with Crippen LogP contribution in [-0.4, -0.2) is 18.5 Å². The molecule has 0 fully saturated rings. The number of ether oxygens (including phenoxy) is 2. The average molecular weight is 365 g/mol. The summed E-state index contributed by atoms with van der Waals surface area (Å²) in [5, 5.41) is 2.61. The number of benzene rings is 2. The van der Waals surface area contributed by atoms with Crippen molar-refractivity contribution in [3.63, 3.8) is 0 Å². The van der Waals surface area contributed by atoms with Crippen LogP contribution in [-0.2, 0) is 22.7 Å². The molecule has 27 heavy (non-hydrogen) atoms. The molecule has 6 heteroatoms. The minimum absolute atomic E-state index is 0.242. The summed E-state index contributed by atoms with van der Waals surface area (Å²) in [5.74, 6) is 0.179. The molecule has 0 spiro atoms. The van der Waals surface area contributed by atoms with E-state index in [1.165, 1.54) is 6.26 Å². The lowest BCUT2D eigenvalue weighted by molar-refractivity contribution is -0.124. The van der Waals surface area contributed by atoms with E-state index in [2.05, 4.69) is 5.32 Å². The van der Waals surface area contributed by atoms with E-state index >= 15 is 0 Å². The lowest BCUT2D eigenvalue weighted by atomic mass is 10.2. The first kappa shape index (κ1) is 18.3. The second-order valence-corrected chi connectivity index (χ2v) is 5.73. The third-order valence-electron chi connectivity index (χ3n) is 3.69. The van der Waals surface area contributed by atoms with Crippen molar-refractivity contribution in [2.45, 2.75) is 13.2 Å². The highest BCUT2D eigenvalue weighted by atomic mass is 16.5. The van der Waals surface area contributed by atoms with E-state index in [1.807, 2.05) is 30.3 Å². The fourth-order valence-corrected chi connectivity index (χ4v) is 2.32. The van der Waals surface area contributed by atoms with Gasteiger partial charge in [0.05, 0.1) is 18.4 Å². The maximum atomic E-state index is 12.1. The molecule has 1 aromatic heterocycles. The van der Waals surface area contributed by atoms with Gasteiger partial charge in [0, 0.05) is 0 Å². The van der Waals surface area contributed by atoms with Gasteiger partial charge in [0.15, 0.2) is 6.61 Å². The molecule has 0 atom stereocenters. The van der Waals surface area contributed by atoms with E-state index in [1.54, 1.807) is 36.4 Å². The van der Waals surface area contributed by atoms with E-state index in [9.17, 15) is 9.59 Å². The molecule has 1 N–H and O–H groups in total. The molecule has 0 bridgehead atoms. The maximum Gasteiger partial charge on any atom is 0.338 e. The van der Waals surface area contributed by atoms with Crippen LogP contribution < -0.4 is 10.1 Å². The zero-order valence-corrected chi connectivity index (χ0v) is 14.6. The molecule has 3 rings (SSSR count). The highest BCUT2D eigenvalue weighted by molar-refractivity contribution is 5.91. The van der Waals surface area contributed by atoms with Crippen LogP contribution in [0.25, 0.3) is 0 Å². The van der Waals surface area contributed by atoms with Crippen LogP contribution in [0.5, 0.6) is 5.75 Å². The van der Waals surface area contributed by atoms with Crippen molar-refractivity contribution < 1.29 is 23.5 Å². The van der Waals surface area contributed by atoms with Crippen LogP contribution in [0.3, 0.4) is 0 Å². The van der Waals surface area contributed by atoms with E-state index in [0.717, 1.165) is 5.56 Å². The molecule has 2 aromatic carbocycles. The zero-order chi connectivity index (χ0) is 18.9. The van der Waals surface area contributed by atoms with Gasteiger partial charge in [-0.2, -0.15) is 0 Å². The monoisotopic (exact) mass is 365 g/mol. The molecule has 0 radical (unpaired) electrons. The summed E-state index contributed by atoms with van der Waals surface area (Å²) in [7, 11) is 0. The Balaban J connectivity index is 1.47. The van der Waals surface area contributed by atoms with Crippen molar-refractivity contribution in [1.29, 1.82) is 0 Å². The largest absolute Gasteiger partial charge is 0.489 e. The van der Waals surface area contributed by atoms with Crippen molar-refractivity contribution in [2.24, 2.45) is 0 Å². The third-order valence-corrected chi connectivity index (χ3v) is 3.69. The normalized spacial score (nSPS) is 10.2. The lowest BCUT2D eigenvalue weighted by Gasteiger charge is -2.09. The molecule has 0 saturated carbocycles. The molecular formula is C21H19NO5. The molecular weight excluding hydrogens is 346 g/mol. The van der Waals surface area contributed by atoms with Crippen LogP contribution in [0.15, 0.2) is 77.4 Å². The van der Waals surface area contributed by atoms with Crippen LogP contribution in [0.2, 0.25) is 0 Å². The fraction of sp³-hybridized carbons (Fsp3) is 0.143. The average Bonchev–Trinajstić information content (AvgIpc) is 3.23. The van der Waals surface area contributed by atoms with Gasteiger partial charge in [-0.1, -0.05) is 36.4 Å². The van der Waals surface area contributed by atoms with Gasteiger partial charge >= 0.3 is 5.97 Å². The van der Waals surface area contributed by atoms with E-state index in [4.69, 9.17) is 13.9 Å². The summed E-state index contributed by atoms with van der Waals surface area (Å²) in [6, 6.07) is 19.9. The molecule has 1 amide bonds. The van der Waals surface area contributed by atoms with Gasteiger partial charge in [0.25, 0.3) is 5.91 Å². The zero-order valence-electron chi connectivity index (χ0n) is 14.6. The molecule has 0 aliphatic rings. The predicted octanol–water partition coefficient (Wildman–Crippen LogP) is 3.33. The molecule has 138 valence electrons. The van der Waals surface area contributed by atoms with Gasteiger partial charge in [0.1, 0.15) is 18.1 Å². The number of furan rings is 1. The minimum Gasteiger partial charge on any atom is -0.489 e. The Bertz CT molecular complexity index is 875. The molecule has 3 aromatic rings. The van der Waals surface area contributed by atoms with Gasteiger partial charge < -0.3 is 19.2 Å². The van der Waals surface area contributed by atoms with Crippen molar-refractivity contribution in [1.82, 2.24) is 5.32 Å². The van der Waals surface area contributed by atoms with Crippen molar-refractivity contribution in [3.8, 4) is 5.75 Å². The van der Waals surface area contributed by atoms with E-state index in [-0.39, 0.29) is 13.2 Å². The van der Waals surface area contributed by atoms with Gasteiger partial charge in [-0.05, 0) is 35.9 Å². The Morgan fingerprint density at radius 3 is 2.59 bits per heavy atom. The fourth-order valence-electron chi connectivity index (χ4n) is 2.32. The third kappa shape index (κ3) is 5.74. The highest BCUT2D eigenvalue weighted by Gasteiger charge is 2.11. The molecule has 0 saturated heterocycles. The van der Waals surface area contributed by atoms with Crippen LogP contribution in [0, 0.1) is 0 Å². The van der Waals surface area contributed by atoms with Gasteiger partial charge in [-0.15, -0.1) is 0 Å². The highest BCUT2D eigenvalue weighted by Crippen LogP contribution is 2.16. The van der Waals surface area contributed by atoms with Crippen molar-refractivity contribution in [2.75, 3.05) is 6.61 Å². The summed E-state index contributed by atoms with van der Waals surface area (Å²) >= 11 is 0. The predicted molar refractivity (Wildman–Crippen MR) is 98.1 cm³/mol. The number of carbonyl (C=O) groups is 2. The number of rotatable bonds is 8. The number of hydrogen-bond donors (Lipinski definition) is 1. The standard InChI is InChI=1S/C21H19NO5/c23-20(22-13-19-10-5-11-25-19)15-27-21(24)17-8-4-9-18(12-17)26-14-16-6-2-1-3-7-16/h1-12H,13-15H2,(H,22,23). The van der Waals surface area contributed by atoms with Crippen molar-refractivity contribution in [3.05, 3.63) is 89.9 Å². The topological polar surface area (TPSA) is 77.8 Å². The summed E-state index contributed by atoms with van der Waals surface area (Å²) in [5.41, 5.74) is 1.35. The van der Waals surface area contributed by atoms with Gasteiger partial charge in [-0.3, -0.25) is 4.79 Å². The van der Waals surface area contributed by atoms with Crippen molar-refractivity contribution >= 4 is 11.9 Å². The van der Waals surface area contributed by atoms with Gasteiger partial charge in [0.2, 0.25) is 0 Å². The van der Waals surface area contributed by atoms with E-state index < -0.39 is 11.9 Å². The molecule has 1 heterocycles. The molecule has 6 nitrogen and oxygen atoms in total.